The van der Waals surface area contributed by atoms with Crippen LogP contribution in [-0.2, 0) is 14.4 Å². The number of aliphatic hydroxyl groups excluding tert-OH is 2. The largest absolute Gasteiger partial charge is 0.480 e. The number of carbonyl (C=O) groups excluding carboxylic acids is 1. The quantitative estimate of drug-likeness (QED) is 0.461. The molecule has 4 N–H and O–H groups in total. The molecule has 0 aliphatic heterocycles. The molecule has 0 aromatic heterocycles. The fraction of sp³-hybridized carbons (Fsp3) is 0.792. The van der Waals surface area contributed by atoms with Gasteiger partial charge in [-0.05, 0) is 86.0 Å². The maximum Gasteiger partial charge on any atom is 0.328 e. The number of allylic oxidation sites excluding steroid dienone is 2. The van der Waals surface area contributed by atoms with Crippen molar-refractivity contribution in [1.82, 2.24) is 5.32 Å². The molecule has 0 aromatic carbocycles. The maximum atomic E-state index is 11.8. The molecule has 0 unspecified atom stereocenters. The first-order valence-electron chi connectivity index (χ1n) is 11.9. The molecule has 0 saturated heterocycles. The van der Waals surface area contributed by atoms with E-state index in [0.29, 0.717) is 17.8 Å². The first-order valence-corrected chi connectivity index (χ1v) is 11.9. The van der Waals surface area contributed by atoms with Crippen LogP contribution in [0, 0.1) is 28.6 Å². The Balaban J connectivity index is 1.39. The second-order valence-corrected chi connectivity index (χ2v) is 10.6. The van der Waals surface area contributed by atoms with Crippen molar-refractivity contribution >= 4 is 17.6 Å². The molecule has 4 aliphatic carbocycles. The van der Waals surface area contributed by atoms with Gasteiger partial charge in [-0.15, -0.1) is 0 Å². The molecule has 0 bridgehead atoms. The number of carboxylic acid groups (broad SMARTS) is 1. The minimum absolute atomic E-state index is 0.0874. The van der Waals surface area contributed by atoms with Crippen molar-refractivity contribution in [2.45, 2.75) is 77.4 Å². The summed E-state index contributed by atoms with van der Waals surface area (Å²) in [6.45, 7) is 3.63. The predicted octanol–water partition coefficient (Wildman–Crippen LogP) is 2.24. The third-order valence-corrected chi connectivity index (χ3v) is 9.12. The van der Waals surface area contributed by atoms with E-state index in [1.54, 1.807) is 0 Å². The Morgan fingerprint density at radius 3 is 2.69 bits per heavy atom. The predicted molar refractivity (Wildman–Crippen MR) is 118 cm³/mol. The molecule has 8 nitrogen and oxygen atoms in total. The molecule has 8 heteroatoms. The highest BCUT2D eigenvalue weighted by Gasteiger charge is 2.58. The Hall–Kier alpha value is -1.93. The number of nitrogens with one attached hydrogen (secondary N) is 1. The molecule has 0 aromatic rings. The first-order chi connectivity index (χ1) is 15.2. The third kappa shape index (κ3) is 3.96. The van der Waals surface area contributed by atoms with Gasteiger partial charge in [-0.25, -0.2) is 4.79 Å². The zero-order chi connectivity index (χ0) is 23.1. The Labute approximate surface area is 189 Å². The molecule has 0 spiro atoms. The van der Waals surface area contributed by atoms with Crippen LogP contribution in [0.15, 0.2) is 16.8 Å². The van der Waals surface area contributed by atoms with E-state index in [4.69, 9.17) is 15.1 Å². The van der Waals surface area contributed by atoms with Gasteiger partial charge in [0.05, 0.1) is 18.4 Å². The summed E-state index contributed by atoms with van der Waals surface area (Å²) in [7, 11) is 0. The zero-order valence-electron chi connectivity index (χ0n) is 19.0. The van der Waals surface area contributed by atoms with Crippen molar-refractivity contribution in [3.05, 3.63) is 11.6 Å². The van der Waals surface area contributed by atoms with Gasteiger partial charge in [0.1, 0.15) is 6.04 Å². The lowest BCUT2D eigenvalue weighted by molar-refractivity contribution is -0.143. The third-order valence-electron chi connectivity index (χ3n) is 9.12. The second-order valence-electron chi connectivity index (χ2n) is 10.6. The number of oxime groups is 1. The van der Waals surface area contributed by atoms with Crippen molar-refractivity contribution in [2.75, 3.05) is 13.2 Å². The maximum absolute atomic E-state index is 11.8. The number of nitrogens with zero attached hydrogens (tertiary/aromatic N) is 1. The number of rotatable bonds is 6. The number of fused-ring (bicyclic) bond motifs is 5. The van der Waals surface area contributed by atoms with E-state index >= 15 is 0 Å². The Bertz CT molecular complexity index is 825. The smallest absolute Gasteiger partial charge is 0.328 e. The van der Waals surface area contributed by atoms with Gasteiger partial charge in [0.2, 0.25) is 0 Å². The van der Waals surface area contributed by atoms with Crippen LogP contribution < -0.4 is 5.32 Å². The molecule has 3 saturated carbocycles. The first kappa shape index (κ1) is 23.2. The van der Waals surface area contributed by atoms with E-state index in [-0.39, 0.29) is 23.5 Å². The van der Waals surface area contributed by atoms with Crippen LogP contribution in [0.3, 0.4) is 0 Å². The highest BCUT2D eigenvalue weighted by molar-refractivity contribution is 5.96. The number of amides is 1. The average Bonchev–Trinajstić information content (AvgIpc) is 3.06. The standard InChI is InChI=1S/C24H36N2O6/c1-23-9-7-15(26-32-13-21(29)25-19(12-27)22(30)31)11-14(23)3-4-16-17-5-6-20(28)24(17,2)10-8-18(16)23/h11,16-20,27-28H,3-10,12-13H2,1-2H3,(H,25,29)(H,30,31)/b26-15+/t16-,17-,18-,19-,20+,23-,24-/m0/s1. The van der Waals surface area contributed by atoms with Crippen LogP contribution in [0.25, 0.3) is 0 Å². The van der Waals surface area contributed by atoms with Gasteiger partial charge in [-0.1, -0.05) is 24.6 Å². The summed E-state index contributed by atoms with van der Waals surface area (Å²) in [6.07, 6.45) is 10.3. The van der Waals surface area contributed by atoms with Gasteiger partial charge in [0, 0.05) is 0 Å². The van der Waals surface area contributed by atoms with E-state index in [2.05, 4.69) is 30.4 Å². The number of hydrogen-bond donors (Lipinski definition) is 4. The Morgan fingerprint density at radius 1 is 1.19 bits per heavy atom. The number of aliphatic hydroxyl groups is 2. The molecule has 0 heterocycles. The SMILES string of the molecule is C[C@]12CC[C@H]3[C@@H](CCC4=C/C(=N/OCC(=O)N[C@@H](CO)C(=O)O)CC[C@@]43C)[C@@H]1CC[C@H]2O. The summed E-state index contributed by atoms with van der Waals surface area (Å²) in [4.78, 5) is 27.9. The zero-order valence-corrected chi connectivity index (χ0v) is 19.0. The summed E-state index contributed by atoms with van der Waals surface area (Å²) >= 11 is 0. The van der Waals surface area contributed by atoms with Crippen molar-refractivity contribution in [1.29, 1.82) is 0 Å². The Morgan fingerprint density at radius 2 is 1.97 bits per heavy atom. The lowest BCUT2D eigenvalue weighted by atomic mass is 9.47. The van der Waals surface area contributed by atoms with Crippen molar-refractivity contribution in [3.63, 3.8) is 0 Å². The van der Waals surface area contributed by atoms with Gasteiger partial charge in [-0.3, -0.25) is 4.79 Å². The number of hydrogen-bond acceptors (Lipinski definition) is 6. The molecule has 4 rings (SSSR count). The van der Waals surface area contributed by atoms with Crippen LogP contribution >= 0.6 is 0 Å². The number of carboxylic acids is 1. The monoisotopic (exact) mass is 448 g/mol. The highest BCUT2D eigenvalue weighted by Crippen LogP contribution is 2.65. The van der Waals surface area contributed by atoms with Crippen LogP contribution in [-0.4, -0.2) is 58.3 Å². The lowest BCUT2D eigenvalue weighted by Gasteiger charge is -2.57. The highest BCUT2D eigenvalue weighted by atomic mass is 16.6. The van der Waals surface area contributed by atoms with Gasteiger partial charge < -0.3 is 25.5 Å². The fourth-order valence-corrected chi connectivity index (χ4v) is 7.21. The van der Waals surface area contributed by atoms with Gasteiger partial charge in [0.15, 0.2) is 6.61 Å². The van der Waals surface area contributed by atoms with E-state index in [1.807, 2.05) is 0 Å². The van der Waals surface area contributed by atoms with Gasteiger partial charge in [-0.2, -0.15) is 0 Å². The van der Waals surface area contributed by atoms with E-state index in [9.17, 15) is 14.7 Å². The molecule has 1 amide bonds. The minimum atomic E-state index is -1.34. The van der Waals surface area contributed by atoms with Crippen LogP contribution in [0.4, 0.5) is 0 Å². The average molecular weight is 449 g/mol. The molecule has 32 heavy (non-hydrogen) atoms. The summed E-state index contributed by atoms with van der Waals surface area (Å²) in [5, 5.41) is 34.8. The molecule has 7 atom stereocenters. The lowest BCUT2D eigenvalue weighted by Crippen LogP contribution is -2.51. The summed E-state index contributed by atoms with van der Waals surface area (Å²) in [5.74, 6) is 0.0219. The molecule has 0 radical (unpaired) electrons. The van der Waals surface area contributed by atoms with Crippen LogP contribution in [0.1, 0.15) is 65.2 Å². The van der Waals surface area contributed by atoms with Gasteiger partial charge >= 0.3 is 5.97 Å². The van der Waals surface area contributed by atoms with Gasteiger partial charge in [0.25, 0.3) is 5.91 Å². The van der Waals surface area contributed by atoms with Crippen molar-refractivity contribution < 1.29 is 29.7 Å². The van der Waals surface area contributed by atoms with Crippen LogP contribution in [0.5, 0.6) is 0 Å². The van der Waals surface area contributed by atoms with E-state index < -0.39 is 24.5 Å². The van der Waals surface area contributed by atoms with E-state index in [1.165, 1.54) is 12.0 Å². The topological polar surface area (TPSA) is 128 Å². The fourth-order valence-electron chi connectivity index (χ4n) is 7.21. The summed E-state index contributed by atoms with van der Waals surface area (Å²) < 4.78 is 0. The Kier molecular flexibility index (Phi) is 6.38. The number of carbonyl (C=O) groups is 2. The molecular weight excluding hydrogens is 412 g/mol. The molecule has 178 valence electrons. The summed E-state index contributed by atoms with van der Waals surface area (Å²) in [5.41, 5.74) is 2.48. The molecule has 4 aliphatic rings. The van der Waals surface area contributed by atoms with Crippen molar-refractivity contribution in [3.8, 4) is 0 Å². The minimum Gasteiger partial charge on any atom is -0.480 e. The van der Waals surface area contributed by atoms with E-state index in [0.717, 1.165) is 50.7 Å². The molecule has 3 fully saturated rings. The van der Waals surface area contributed by atoms with Crippen molar-refractivity contribution in [2.24, 2.45) is 33.7 Å². The van der Waals surface area contributed by atoms with Crippen LogP contribution in [0.2, 0.25) is 0 Å². The second kappa shape index (κ2) is 8.78. The number of aliphatic carboxylic acids is 1. The molecular formula is C24H36N2O6. The summed E-state index contributed by atoms with van der Waals surface area (Å²) in [6, 6.07) is -1.34. The normalized spacial score (nSPS) is 40.5.